The third-order valence-corrected chi connectivity index (χ3v) is 2.71. The Hall–Kier alpha value is -0.930. The number of nitrogens with two attached hydrogens (primary N) is 1. The van der Waals surface area contributed by atoms with Crippen molar-refractivity contribution in [3.63, 3.8) is 0 Å². The lowest BCUT2D eigenvalue weighted by Gasteiger charge is -2.17. The fourth-order valence-electron chi connectivity index (χ4n) is 1.71. The van der Waals surface area contributed by atoms with Crippen molar-refractivity contribution >= 4 is 0 Å². The highest BCUT2D eigenvalue weighted by molar-refractivity contribution is 5.25. The SMILES string of the molecule is CCCCN(C)Cc1cccc(CN)c1F. The van der Waals surface area contributed by atoms with Gasteiger partial charge in [0.25, 0.3) is 0 Å². The van der Waals surface area contributed by atoms with Crippen molar-refractivity contribution in [3.8, 4) is 0 Å². The summed E-state index contributed by atoms with van der Waals surface area (Å²) in [6, 6.07) is 5.44. The molecule has 1 aromatic rings. The van der Waals surface area contributed by atoms with Gasteiger partial charge in [0.15, 0.2) is 0 Å². The summed E-state index contributed by atoms with van der Waals surface area (Å²) in [4.78, 5) is 2.14. The van der Waals surface area contributed by atoms with Gasteiger partial charge in [-0.05, 0) is 20.0 Å². The Morgan fingerprint density at radius 2 is 2.00 bits per heavy atom. The van der Waals surface area contributed by atoms with Gasteiger partial charge in [-0.1, -0.05) is 31.5 Å². The molecule has 0 radical (unpaired) electrons. The van der Waals surface area contributed by atoms with E-state index in [1.807, 2.05) is 19.2 Å². The number of hydrogen-bond donors (Lipinski definition) is 1. The Labute approximate surface area is 97.3 Å². The van der Waals surface area contributed by atoms with E-state index in [1.165, 1.54) is 0 Å². The van der Waals surface area contributed by atoms with Gasteiger partial charge in [0, 0.05) is 24.2 Å². The maximum Gasteiger partial charge on any atom is 0.132 e. The molecule has 0 aliphatic heterocycles. The minimum Gasteiger partial charge on any atom is -0.326 e. The van der Waals surface area contributed by atoms with Crippen LogP contribution in [0.15, 0.2) is 18.2 Å². The molecule has 0 aromatic heterocycles. The summed E-state index contributed by atoms with van der Waals surface area (Å²) in [7, 11) is 2.02. The first kappa shape index (κ1) is 13.1. The second-order valence-electron chi connectivity index (χ2n) is 4.19. The van der Waals surface area contributed by atoms with Crippen LogP contribution in [-0.2, 0) is 13.1 Å². The molecular formula is C13H21FN2. The van der Waals surface area contributed by atoms with Crippen LogP contribution in [-0.4, -0.2) is 18.5 Å². The van der Waals surface area contributed by atoms with Crippen LogP contribution in [0.4, 0.5) is 4.39 Å². The molecule has 0 bridgehead atoms. The summed E-state index contributed by atoms with van der Waals surface area (Å²) < 4.78 is 13.8. The van der Waals surface area contributed by atoms with Gasteiger partial charge in [-0.3, -0.25) is 0 Å². The maximum atomic E-state index is 13.8. The maximum absolute atomic E-state index is 13.8. The van der Waals surface area contributed by atoms with Gasteiger partial charge in [-0.2, -0.15) is 0 Å². The van der Waals surface area contributed by atoms with Crippen molar-refractivity contribution in [2.45, 2.75) is 32.9 Å². The standard InChI is InChI=1S/C13H21FN2/c1-3-4-8-16(2)10-12-7-5-6-11(9-15)13(12)14/h5-7H,3-4,8-10,15H2,1-2H3. The van der Waals surface area contributed by atoms with Crippen molar-refractivity contribution in [2.75, 3.05) is 13.6 Å². The van der Waals surface area contributed by atoms with Crippen LogP contribution in [0, 0.1) is 5.82 Å². The normalized spacial score (nSPS) is 11.1. The fraction of sp³-hybridized carbons (Fsp3) is 0.538. The molecule has 0 aliphatic rings. The van der Waals surface area contributed by atoms with Crippen molar-refractivity contribution in [1.29, 1.82) is 0 Å². The van der Waals surface area contributed by atoms with Crippen molar-refractivity contribution in [3.05, 3.63) is 35.1 Å². The Kier molecular flexibility index (Phi) is 5.43. The molecule has 0 aliphatic carbocycles. The van der Waals surface area contributed by atoms with Gasteiger partial charge in [0.2, 0.25) is 0 Å². The van der Waals surface area contributed by atoms with Gasteiger partial charge in [-0.15, -0.1) is 0 Å². The molecule has 90 valence electrons. The average Bonchev–Trinajstić information content (AvgIpc) is 2.29. The van der Waals surface area contributed by atoms with E-state index in [-0.39, 0.29) is 12.4 Å². The number of benzene rings is 1. The fourth-order valence-corrected chi connectivity index (χ4v) is 1.71. The molecule has 0 spiro atoms. The summed E-state index contributed by atoms with van der Waals surface area (Å²) in [5.41, 5.74) is 6.81. The minimum atomic E-state index is -0.145. The number of nitrogens with zero attached hydrogens (tertiary/aromatic N) is 1. The molecule has 2 nitrogen and oxygen atoms in total. The largest absolute Gasteiger partial charge is 0.326 e. The van der Waals surface area contributed by atoms with Crippen molar-refractivity contribution in [2.24, 2.45) is 5.73 Å². The zero-order chi connectivity index (χ0) is 12.0. The van der Waals surface area contributed by atoms with Crippen LogP contribution in [0.3, 0.4) is 0 Å². The minimum absolute atomic E-state index is 0.145. The van der Waals surface area contributed by atoms with E-state index in [0.717, 1.165) is 24.9 Å². The first-order valence-corrected chi connectivity index (χ1v) is 5.84. The number of hydrogen-bond acceptors (Lipinski definition) is 2. The predicted molar refractivity (Wildman–Crippen MR) is 65.5 cm³/mol. The van der Waals surface area contributed by atoms with Crippen LogP contribution in [0.2, 0.25) is 0 Å². The average molecular weight is 224 g/mol. The van der Waals surface area contributed by atoms with Gasteiger partial charge >= 0.3 is 0 Å². The molecule has 2 N–H and O–H groups in total. The summed E-state index contributed by atoms with van der Waals surface area (Å²) in [6.45, 7) is 4.07. The molecule has 16 heavy (non-hydrogen) atoms. The third-order valence-electron chi connectivity index (χ3n) is 2.71. The molecule has 0 fully saturated rings. The zero-order valence-electron chi connectivity index (χ0n) is 10.2. The Bertz CT molecular complexity index is 326. The highest BCUT2D eigenvalue weighted by Crippen LogP contribution is 2.14. The van der Waals surface area contributed by atoms with Crippen LogP contribution >= 0.6 is 0 Å². The van der Waals surface area contributed by atoms with E-state index in [2.05, 4.69) is 11.8 Å². The third kappa shape index (κ3) is 3.58. The van der Waals surface area contributed by atoms with Crippen LogP contribution in [0.1, 0.15) is 30.9 Å². The molecule has 0 saturated heterocycles. The van der Waals surface area contributed by atoms with E-state index in [1.54, 1.807) is 6.07 Å². The molecule has 0 unspecified atom stereocenters. The highest BCUT2D eigenvalue weighted by Gasteiger charge is 2.08. The lowest BCUT2D eigenvalue weighted by Crippen LogP contribution is -2.20. The molecule has 1 aromatic carbocycles. The summed E-state index contributed by atoms with van der Waals surface area (Å²) in [6.07, 6.45) is 2.31. The summed E-state index contributed by atoms with van der Waals surface area (Å²) in [5, 5.41) is 0. The number of unbranched alkanes of at least 4 members (excludes halogenated alkanes) is 1. The van der Waals surface area contributed by atoms with E-state index < -0.39 is 0 Å². The van der Waals surface area contributed by atoms with Gasteiger partial charge < -0.3 is 10.6 Å². The zero-order valence-corrected chi connectivity index (χ0v) is 10.2. The van der Waals surface area contributed by atoms with Gasteiger partial charge in [0.05, 0.1) is 0 Å². The van der Waals surface area contributed by atoms with E-state index in [4.69, 9.17) is 5.73 Å². The van der Waals surface area contributed by atoms with E-state index in [0.29, 0.717) is 12.1 Å². The van der Waals surface area contributed by atoms with Crippen LogP contribution < -0.4 is 5.73 Å². The topological polar surface area (TPSA) is 29.3 Å². The molecule has 0 heterocycles. The molecular weight excluding hydrogens is 203 g/mol. The monoisotopic (exact) mass is 224 g/mol. The second-order valence-corrected chi connectivity index (χ2v) is 4.19. The lowest BCUT2D eigenvalue weighted by molar-refractivity contribution is 0.315. The molecule has 0 amide bonds. The molecule has 3 heteroatoms. The number of rotatable bonds is 6. The first-order valence-electron chi connectivity index (χ1n) is 5.84. The van der Waals surface area contributed by atoms with E-state index >= 15 is 0 Å². The van der Waals surface area contributed by atoms with Gasteiger partial charge in [0.1, 0.15) is 5.82 Å². The Morgan fingerprint density at radius 3 is 2.62 bits per heavy atom. The molecule has 0 atom stereocenters. The Balaban J connectivity index is 2.66. The Morgan fingerprint density at radius 1 is 1.31 bits per heavy atom. The smallest absolute Gasteiger partial charge is 0.132 e. The predicted octanol–water partition coefficient (Wildman–Crippen LogP) is 2.52. The quantitative estimate of drug-likeness (QED) is 0.804. The van der Waals surface area contributed by atoms with Gasteiger partial charge in [-0.25, -0.2) is 4.39 Å². The van der Waals surface area contributed by atoms with Crippen molar-refractivity contribution < 1.29 is 4.39 Å². The second kappa shape index (κ2) is 6.61. The molecule has 0 saturated carbocycles. The summed E-state index contributed by atoms with van der Waals surface area (Å²) in [5.74, 6) is -0.145. The van der Waals surface area contributed by atoms with E-state index in [9.17, 15) is 4.39 Å². The van der Waals surface area contributed by atoms with Crippen molar-refractivity contribution in [1.82, 2.24) is 4.90 Å². The lowest BCUT2D eigenvalue weighted by atomic mass is 10.1. The first-order chi connectivity index (χ1) is 7.69. The highest BCUT2D eigenvalue weighted by atomic mass is 19.1. The number of halogens is 1. The van der Waals surface area contributed by atoms with Crippen LogP contribution in [0.25, 0.3) is 0 Å². The molecule has 1 rings (SSSR count). The summed E-state index contributed by atoms with van der Waals surface area (Å²) >= 11 is 0. The van der Waals surface area contributed by atoms with Crippen LogP contribution in [0.5, 0.6) is 0 Å².